The lowest BCUT2D eigenvalue weighted by Crippen LogP contribution is -2.37. The van der Waals surface area contributed by atoms with Crippen molar-refractivity contribution in [2.75, 3.05) is 25.5 Å². The number of carbonyl (C=O) groups is 2. The third-order valence-corrected chi connectivity index (χ3v) is 5.49. The lowest BCUT2D eigenvalue weighted by atomic mass is 10.2. The second-order valence-electron chi connectivity index (χ2n) is 5.92. The zero-order valence-electron chi connectivity index (χ0n) is 14.3. The Morgan fingerprint density at radius 3 is 2.88 bits per heavy atom. The highest BCUT2D eigenvalue weighted by molar-refractivity contribution is 8.01. The van der Waals surface area contributed by atoms with Crippen LogP contribution in [0.5, 0.6) is 5.75 Å². The molecule has 5 nitrogen and oxygen atoms in total. The minimum Gasteiger partial charge on any atom is -0.492 e. The highest BCUT2D eigenvalue weighted by Crippen LogP contribution is 2.36. The average Bonchev–Trinajstić information content (AvgIpc) is 2.62. The molecule has 2 amide bonds. The molecule has 136 valence electrons. The molecule has 0 aromatic heterocycles. The van der Waals surface area contributed by atoms with Crippen molar-refractivity contribution in [1.82, 2.24) is 4.90 Å². The van der Waals surface area contributed by atoms with Crippen LogP contribution in [0.4, 0.5) is 5.69 Å². The van der Waals surface area contributed by atoms with Gasteiger partial charge in [-0.1, -0.05) is 29.8 Å². The number of nitrogens with zero attached hydrogens (tertiary/aromatic N) is 1. The molecule has 3 rings (SSSR count). The Kier molecular flexibility index (Phi) is 6.06. The van der Waals surface area contributed by atoms with Crippen molar-refractivity contribution in [2.45, 2.75) is 16.6 Å². The largest absolute Gasteiger partial charge is 0.492 e. The van der Waals surface area contributed by atoms with Crippen LogP contribution in [0, 0.1) is 0 Å². The van der Waals surface area contributed by atoms with Crippen LogP contribution in [-0.4, -0.2) is 42.2 Å². The van der Waals surface area contributed by atoms with E-state index in [1.165, 1.54) is 11.8 Å². The Labute approximate surface area is 161 Å². The van der Waals surface area contributed by atoms with Crippen molar-refractivity contribution in [3.05, 3.63) is 53.6 Å². The van der Waals surface area contributed by atoms with E-state index in [1.54, 1.807) is 24.1 Å². The normalized spacial score (nSPS) is 15.8. The summed E-state index contributed by atoms with van der Waals surface area (Å²) in [5.74, 6) is 0.439. The Hall–Kier alpha value is -2.18. The predicted molar refractivity (Wildman–Crippen MR) is 104 cm³/mol. The van der Waals surface area contributed by atoms with Crippen LogP contribution in [-0.2, 0) is 9.59 Å². The molecule has 1 aliphatic rings. The van der Waals surface area contributed by atoms with Gasteiger partial charge in [0, 0.05) is 23.4 Å². The van der Waals surface area contributed by atoms with Gasteiger partial charge in [0.15, 0.2) is 0 Å². The molecular weight excluding hydrogens is 372 g/mol. The molecule has 0 saturated heterocycles. The quantitative estimate of drug-likeness (QED) is 0.817. The Balaban J connectivity index is 1.49. The maximum atomic E-state index is 12.4. The summed E-state index contributed by atoms with van der Waals surface area (Å²) in [4.78, 5) is 27.2. The molecule has 1 aliphatic heterocycles. The number of anilines is 1. The van der Waals surface area contributed by atoms with E-state index in [4.69, 9.17) is 16.3 Å². The predicted octanol–water partition coefficient (Wildman–Crippen LogP) is 3.68. The molecule has 1 N–H and O–H groups in total. The molecule has 0 fully saturated rings. The third kappa shape index (κ3) is 4.71. The van der Waals surface area contributed by atoms with Crippen molar-refractivity contribution < 1.29 is 14.3 Å². The van der Waals surface area contributed by atoms with Gasteiger partial charge in [0.05, 0.1) is 17.5 Å². The number of carbonyl (C=O) groups excluding carboxylic acids is 2. The molecule has 1 atom stereocenters. The van der Waals surface area contributed by atoms with Gasteiger partial charge >= 0.3 is 0 Å². The lowest BCUT2D eigenvalue weighted by Gasteiger charge is -2.25. The van der Waals surface area contributed by atoms with Crippen molar-refractivity contribution in [3.63, 3.8) is 0 Å². The molecule has 2 aromatic carbocycles. The van der Waals surface area contributed by atoms with Crippen LogP contribution in [0.2, 0.25) is 5.02 Å². The number of amides is 2. The number of hydrogen-bond acceptors (Lipinski definition) is 4. The second-order valence-corrected chi connectivity index (χ2v) is 7.60. The summed E-state index contributed by atoms with van der Waals surface area (Å²) in [6.45, 7) is 0.788. The summed E-state index contributed by atoms with van der Waals surface area (Å²) >= 11 is 7.34. The van der Waals surface area contributed by atoms with Gasteiger partial charge in [-0.25, -0.2) is 0 Å². The highest BCUT2D eigenvalue weighted by Gasteiger charge is 2.29. The first-order valence-corrected chi connectivity index (χ1v) is 9.47. The van der Waals surface area contributed by atoms with Crippen LogP contribution in [0.3, 0.4) is 0 Å². The van der Waals surface area contributed by atoms with Crippen LogP contribution in [0.1, 0.15) is 6.42 Å². The van der Waals surface area contributed by atoms with Crippen molar-refractivity contribution >= 4 is 40.9 Å². The van der Waals surface area contributed by atoms with Crippen molar-refractivity contribution in [1.29, 1.82) is 0 Å². The fourth-order valence-electron chi connectivity index (χ4n) is 2.52. The second kappa shape index (κ2) is 8.47. The number of hydrogen-bond donors (Lipinski definition) is 1. The van der Waals surface area contributed by atoms with Gasteiger partial charge in [-0.05, 0) is 30.3 Å². The SMILES string of the molecule is CN(CCOc1cccc(Cl)c1)C(=O)CC1Sc2ccccc2NC1=O. The van der Waals surface area contributed by atoms with E-state index in [9.17, 15) is 9.59 Å². The van der Waals surface area contributed by atoms with E-state index in [1.807, 2.05) is 36.4 Å². The number of para-hydroxylation sites is 1. The highest BCUT2D eigenvalue weighted by atomic mass is 35.5. The van der Waals surface area contributed by atoms with E-state index in [0.717, 1.165) is 10.6 Å². The van der Waals surface area contributed by atoms with Crippen molar-refractivity contribution in [2.24, 2.45) is 0 Å². The monoisotopic (exact) mass is 390 g/mol. The minimum absolute atomic E-state index is 0.0910. The minimum atomic E-state index is -0.423. The van der Waals surface area contributed by atoms with Crippen LogP contribution >= 0.6 is 23.4 Å². The topological polar surface area (TPSA) is 58.6 Å². The first-order chi connectivity index (χ1) is 12.5. The molecule has 1 heterocycles. The Bertz CT molecular complexity index is 815. The summed E-state index contributed by atoms with van der Waals surface area (Å²) in [7, 11) is 1.71. The fraction of sp³-hybridized carbons (Fsp3) is 0.263. The Morgan fingerprint density at radius 2 is 2.08 bits per heavy atom. The van der Waals surface area contributed by atoms with Crippen LogP contribution in [0.25, 0.3) is 0 Å². The van der Waals surface area contributed by atoms with E-state index >= 15 is 0 Å². The number of fused-ring (bicyclic) bond motifs is 1. The van der Waals surface area contributed by atoms with Gasteiger partial charge in [-0.2, -0.15) is 0 Å². The number of thioether (sulfide) groups is 1. The molecule has 0 spiro atoms. The molecule has 0 saturated carbocycles. The summed E-state index contributed by atoms with van der Waals surface area (Å²) in [6.07, 6.45) is 0.151. The van der Waals surface area contributed by atoms with Gasteiger partial charge < -0.3 is 15.0 Å². The Morgan fingerprint density at radius 1 is 1.27 bits per heavy atom. The maximum Gasteiger partial charge on any atom is 0.238 e. The summed E-state index contributed by atoms with van der Waals surface area (Å²) < 4.78 is 5.60. The molecule has 26 heavy (non-hydrogen) atoms. The number of benzene rings is 2. The van der Waals surface area contributed by atoms with Gasteiger partial charge in [0.25, 0.3) is 0 Å². The third-order valence-electron chi connectivity index (χ3n) is 3.98. The van der Waals surface area contributed by atoms with Gasteiger partial charge in [0.1, 0.15) is 12.4 Å². The number of rotatable bonds is 6. The van der Waals surface area contributed by atoms with Crippen LogP contribution < -0.4 is 10.1 Å². The zero-order valence-corrected chi connectivity index (χ0v) is 15.8. The summed E-state index contributed by atoms with van der Waals surface area (Å²) in [6, 6.07) is 14.7. The summed E-state index contributed by atoms with van der Waals surface area (Å²) in [5.41, 5.74) is 0.800. The summed E-state index contributed by atoms with van der Waals surface area (Å²) in [5, 5.41) is 3.04. The van der Waals surface area contributed by atoms with Crippen molar-refractivity contribution in [3.8, 4) is 5.75 Å². The number of ether oxygens (including phenoxy) is 1. The first-order valence-electron chi connectivity index (χ1n) is 8.22. The smallest absolute Gasteiger partial charge is 0.238 e. The van der Waals surface area contributed by atoms with E-state index in [0.29, 0.717) is 23.9 Å². The van der Waals surface area contributed by atoms with Gasteiger partial charge in [-0.15, -0.1) is 11.8 Å². The zero-order chi connectivity index (χ0) is 18.5. The maximum absolute atomic E-state index is 12.4. The average molecular weight is 391 g/mol. The van der Waals surface area contributed by atoms with Gasteiger partial charge in [-0.3, -0.25) is 9.59 Å². The first kappa shape index (κ1) is 18.6. The van der Waals surface area contributed by atoms with E-state index < -0.39 is 5.25 Å². The molecule has 0 radical (unpaired) electrons. The number of nitrogens with one attached hydrogen (secondary N) is 1. The molecule has 1 unspecified atom stereocenters. The molecule has 2 aromatic rings. The standard InChI is InChI=1S/C19H19ClN2O3S/c1-22(9-10-25-14-6-4-5-13(20)11-14)18(23)12-17-19(24)21-15-7-2-3-8-16(15)26-17/h2-8,11,17H,9-10,12H2,1H3,(H,21,24). The lowest BCUT2D eigenvalue weighted by molar-refractivity contribution is -0.131. The number of halogens is 1. The van der Waals surface area contributed by atoms with E-state index in [2.05, 4.69) is 5.32 Å². The fourth-order valence-corrected chi connectivity index (χ4v) is 3.81. The molecule has 0 aliphatic carbocycles. The molecule has 7 heteroatoms. The number of likely N-dealkylation sites (N-methyl/N-ethyl adjacent to an activating group) is 1. The molecule has 0 bridgehead atoms. The van der Waals surface area contributed by atoms with Crippen LogP contribution in [0.15, 0.2) is 53.4 Å². The molecular formula is C19H19ClN2O3S. The van der Waals surface area contributed by atoms with E-state index in [-0.39, 0.29) is 18.2 Å². The van der Waals surface area contributed by atoms with Gasteiger partial charge in [0.2, 0.25) is 11.8 Å².